The van der Waals surface area contributed by atoms with Crippen molar-refractivity contribution < 1.29 is 18.0 Å². The van der Waals surface area contributed by atoms with Crippen LogP contribution in [0.25, 0.3) is 6.08 Å². The first-order valence-corrected chi connectivity index (χ1v) is 8.84. The predicted octanol–water partition coefficient (Wildman–Crippen LogP) is 4.18. The lowest BCUT2D eigenvalue weighted by molar-refractivity contribution is -0.137. The van der Waals surface area contributed by atoms with Gasteiger partial charge in [-0.3, -0.25) is 9.69 Å². The molecule has 0 atom stereocenters. The lowest BCUT2D eigenvalue weighted by atomic mass is 10.1. The molecule has 1 aliphatic rings. The first kappa shape index (κ1) is 19.2. The molecule has 1 aliphatic heterocycles. The number of hydrogen-bond acceptors (Lipinski definition) is 2. The van der Waals surface area contributed by atoms with Gasteiger partial charge in [-0.2, -0.15) is 13.2 Å². The van der Waals surface area contributed by atoms with Crippen LogP contribution in [0.2, 0.25) is 0 Å². The molecule has 0 N–H and O–H groups in total. The van der Waals surface area contributed by atoms with Crippen molar-refractivity contribution in [3.05, 3.63) is 77.4 Å². The number of carbonyl (C=O) groups excluding carboxylic acids is 1. The molecule has 142 valence electrons. The summed E-state index contributed by atoms with van der Waals surface area (Å²) < 4.78 is 37.9. The summed E-state index contributed by atoms with van der Waals surface area (Å²) >= 11 is 0. The highest BCUT2D eigenvalue weighted by atomic mass is 19.4. The van der Waals surface area contributed by atoms with Crippen molar-refractivity contribution in [2.45, 2.75) is 6.18 Å². The fraction of sp³-hybridized carbons (Fsp3) is 0.286. The zero-order chi connectivity index (χ0) is 19.3. The van der Waals surface area contributed by atoms with Gasteiger partial charge >= 0.3 is 6.18 Å². The number of rotatable bonds is 4. The summed E-state index contributed by atoms with van der Waals surface area (Å²) in [6, 6.07) is 14.4. The van der Waals surface area contributed by atoms with Crippen LogP contribution in [0, 0.1) is 0 Å². The van der Waals surface area contributed by atoms with Crippen LogP contribution in [0.5, 0.6) is 0 Å². The van der Waals surface area contributed by atoms with Crippen LogP contribution in [0.1, 0.15) is 21.5 Å². The summed E-state index contributed by atoms with van der Waals surface area (Å²) in [5.74, 6) is -0.219. The third-order valence-corrected chi connectivity index (χ3v) is 4.59. The molecule has 3 rings (SSSR count). The number of benzene rings is 2. The van der Waals surface area contributed by atoms with Gasteiger partial charge in [0.1, 0.15) is 0 Å². The molecule has 3 nitrogen and oxygen atoms in total. The van der Waals surface area contributed by atoms with Crippen molar-refractivity contribution >= 4 is 12.0 Å². The molecule has 27 heavy (non-hydrogen) atoms. The number of nitrogens with zero attached hydrogens (tertiary/aromatic N) is 2. The SMILES string of the molecule is O=C(c1ccc(C(F)(F)F)cc1)N1CCN(CC=Cc2ccccc2)CC1. The van der Waals surface area contributed by atoms with Gasteiger partial charge in [-0.1, -0.05) is 42.5 Å². The Morgan fingerprint density at radius 2 is 1.56 bits per heavy atom. The van der Waals surface area contributed by atoms with E-state index in [-0.39, 0.29) is 5.91 Å². The largest absolute Gasteiger partial charge is 0.416 e. The van der Waals surface area contributed by atoms with E-state index in [4.69, 9.17) is 0 Å². The Morgan fingerprint density at radius 1 is 0.926 bits per heavy atom. The third-order valence-electron chi connectivity index (χ3n) is 4.59. The topological polar surface area (TPSA) is 23.6 Å². The van der Waals surface area contributed by atoms with Crippen molar-refractivity contribution in [1.82, 2.24) is 9.80 Å². The highest BCUT2D eigenvalue weighted by Crippen LogP contribution is 2.29. The van der Waals surface area contributed by atoms with E-state index < -0.39 is 11.7 Å². The number of alkyl halides is 3. The first-order valence-electron chi connectivity index (χ1n) is 8.84. The molecule has 0 bridgehead atoms. The number of amides is 1. The Labute approximate surface area is 156 Å². The molecule has 1 fully saturated rings. The zero-order valence-corrected chi connectivity index (χ0v) is 14.8. The Kier molecular flexibility index (Phi) is 5.96. The average Bonchev–Trinajstić information content (AvgIpc) is 2.68. The molecule has 1 saturated heterocycles. The van der Waals surface area contributed by atoms with E-state index in [1.807, 2.05) is 30.3 Å². The second-order valence-electron chi connectivity index (χ2n) is 6.48. The second-order valence-corrected chi connectivity index (χ2v) is 6.48. The standard InChI is InChI=1S/C21H21F3N2O/c22-21(23,24)19-10-8-18(9-11-19)20(27)26-15-13-25(14-16-26)12-4-7-17-5-2-1-3-6-17/h1-11H,12-16H2. The van der Waals surface area contributed by atoms with Crippen LogP contribution >= 0.6 is 0 Å². The Balaban J connectivity index is 1.50. The maximum Gasteiger partial charge on any atom is 0.416 e. The monoisotopic (exact) mass is 374 g/mol. The number of hydrogen-bond donors (Lipinski definition) is 0. The van der Waals surface area contributed by atoms with Crippen LogP contribution in [-0.4, -0.2) is 48.4 Å². The minimum absolute atomic E-state index is 0.219. The highest BCUT2D eigenvalue weighted by molar-refractivity contribution is 5.94. The van der Waals surface area contributed by atoms with E-state index in [2.05, 4.69) is 17.1 Å². The molecule has 0 aliphatic carbocycles. The molecule has 2 aromatic rings. The van der Waals surface area contributed by atoms with Gasteiger partial charge in [0.05, 0.1) is 5.56 Å². The van der Waals surface area contributed by atoms with Crippen LogP contribution in [0.15, 0.2) is 60.7 Å². The predicted molar refractivity (Wildman–Crippen MR) is 99.3 cm³/mol. The Hall–Kier alpha value is -2.60. The summed E-state index contributed by atoms with van der Waals surface area (Å²) in [7, 11) is 0. The van der Waals surface area contributed by atoms with Crippen LogP contribution < -0.4 is 0 Å². The summed E-state index contributed by atoms with van der Waals surface area (Å²) in [6.45, 7) is 3.42. The molecule has 1 heterocycles. The molecule has 1 amide bonds. The first-order chi connectivity index (χ1) is 12.9. The van der Waals surface area contributed by atoms with Gasteiger partial charge in [0.15, 0.2) is 0 Å². The molecular weight excluding hydrogens is 353 g/mol. The molecular formula is C21H21F3N2O. The maximum atomic E-state index is 12.6. The molecule has 0 aromatic heterocycles. The van der Waals surface area contributed by atoms with Gasteiger partial charge in [0, 0.05) is 38.3 Å². The molecule has 0 spiro atoms. The molecule has 0 unspecified atom stereocenters. The van der Waals surface area contributed by atoms with Gasteiger partial charge in [0.25, 0.3) is 5.91 Å². The minimum Gasteiger partial charge on any atom is -0.336 e. The quantitative estimate of drug-likeness (QED) is 0.802. The van der Waals surface area contributed by atoms with Crippen LogP contribution in [0.3, 0.4) is 0 Å². The molecule has 2 aromatic carbocycles. The molecule has 0 radical (unpaired) electrons. The van der Waals surface area contributed by atoms with Gasteiger partial charge in [-0.15, -0.1) is 0 Å². The molecule has 0 saturated carbocycles. The van der Waals surface area contributed by atoms with Crippen molar-refractivity contribution in [1.29, 1.82) is 0 Å². The summed E-state index contributed by atoms with van der Waals surface area (Å²) in [5, 5.41) is 0. The fourth-order valence-corrected chi connectivity index (χ4v) is 3.02. The van der Waals surface area contributed by atoms with Crippen LogP contribution in [0.4, 0.5) is 13.2 Å². The van der Waals surface area contributed by atoms with Crippen molar-refractivity contribution in [2.75, 3.05) is 32.7 Å². The smallest absolute Gasteiger partial charge is 0.336 e. The number of piperazine rings is 1. The van der Waals surface area contributed by atoms with E-state index in [0.717, 1.165) is 37.3 Å². The summed E-state index contributed by atoms with van der Waals surface area (Å²) in [6.07, 6.45) is -0.219. The van der Waals surface area contributed by atoms with E-state index in [1.165, 1.54) is 12.1 Å². The zero-order valence-electron chi connectivity index (χ0n) is 14.8. The van der Waals surface area contributed by atoms with Gasteiger partial charge in [-0.05, 0) is 29.8 Å². The van der Waals surface area contributed by atoms with E-state index in [1.54, 1.807) is 4.90 Å². The number of halogens is 3. The van der Waals surface area contributed by atoms with Crippen molar-refractivity contribution in [2.24, 2.45) is 0 Å². The lowest BCUT2D eigenvalue weighted by Crippen LogP contribution is -2.48. The summed E-state index contributed by atoms with van der Waals surface area (Å²) in [5.41, 5.74) is 0.697. The van der Waals surface area contributed by atoms with Gasteiger partial charge in [0.2, 0.25) is 0 Å². The lowest BCUT2D eigenvalue weighted by Gasteiger charge is -2.34. The minimum atomic E-state index is -4.39. The third kappa shape index (κ3) is 5.20. The highest BCUT2D eigenvalue weighted by Gasteiger charge is 2.30. The second kappa shape index (κ2) is 8.39. The van der Waals surface area contributed by atoms with Crippen molar-refractivity contribution in [3.8, 4) is 0 Å². The van der Waals surface area contributed by atoms with Gasteiger partial charge in [-0.25, -0.2) is 0 Å². The molecule has 6 heteroatoms. The summed E-state index contributed by atoms with van der Waals surface area (Å²) in [4.78, 5) is 16.4. The van der Waals surface area contributed by atoms with E-state index in [9.17, 15) is 18.0 Å². The average molecular weight is 374 g/mol. The number of carbonyl (C=O) groups is 1. The van der Waals surface area contributed by atoms with E-state index >= 15 is 0 Å². The Bertz CT molecular complexity index is 777. The fourth-order valence-electron chi connectivity index (χ4n) is 3.02. The normalized spacial score (nSPS) is 16.0. The Morgan fingerprint density at radius 3 is 2.15 bits per heavy atom. The van der Waals surface area contributed by atoms with E-state index in [0.29, 0.717) is 18.7 Å². The van der Waals surface area contributed by atoms with Crippen LogP contribution in [-0.2, 0) is 6.18 Å². The maximum absolute atomic E-state index is 12.6. The van der Waals surface area contributed by atoms with Crippen molar-refractivity contribution in [3.63, 3.8) is 0 Å². The van der Waals surface area contributed by atoms with Gasteiger partial charge < -0.3 is 4.90 Å².